The van der Waals surface area contributed by atoms with Gasteiger partial charge in [0.2, 0.25) is 0 Å². The maximum Gasteiger partial charge on any atom is 0.426 e. The lowest BCUT2D eigenvalue weighted by molar-refractivity contribution is 0.0611. The third-order valence-electron chi connectivity index (χ3n) is 3.90. The zero-order chi connectivity index (χ0) is 23.5. The van der Waals surface area contributed by atoms with Gasteiger partial charge in [-0.2, -0.15) is 4.31 Å². The van der Waals surface area contributed by atoms with Gasteiger partial charge in [0.25, 0.3) is 0 Å². The number of ether oxygens (including phenoxy) is 1. The number of rotatable bonds is 6. The van der Waals surface area contributed by atoms with Crippen LogP contribution in [0.5, 0.6) is 5.75 Å². The molecule has 3 aromatic rings. The molecule has 0 fully saturated rings. The largest absolute Gasteiger partial charge is 0.508 e. The summed E-state index contributed by atoms with van der Waals surface area (Å²) in [5.41, 5.74) is 1.22. The highest BCUT2D eigenvalue weighted by Gasteiger charge is 2.27. The molecule has 2 aromatic carbocycles. The number of phenols is 1. The Kier molecular flexibility index (Phi) is 7.47. The van der Waals surface area contributed by atoms with E-state index < -0.39 is 23.3 Å². The molecule has 0 atom stereocenters. The lowest BCUT2D eigenvalue weighted by Crippen LogP contribution is -2.32. The molecule has 170 valence electrons. The molecule has 3 rings (SSSR count). The summed E-state index contributed by atoms with van der Waals surface area (Å²) in [6.45, 7) is 5.15. The number of hydrogen-bond acceptors (Lipinski definition) is 7. The Bertz CT molecular complexity index is 1110. The van der Waals surface area contributed by atoms with Gasteiger partial charge in [-0.05, 0) is 51.1 Å². The number of nitrogens with zero attached hydrogens (tertiary/aromatic N) is 2. The summed E-state index contributed by atoms with van der Waals surface area (Å²) < 4.78 is 35.3. The molecule has 1 aromatic heterocycles. The number of hydrogen-bond donors (Lipinski definition) is 2. The number of carbonyl (C=O) groups is 1. The van der Waals surface area contributed by atoms with Crippen molar-refractivity contribution in [1.29, 1.82) is 0 Å². The molecule has 1 heterocycles. The third kappa shape index (κ3) is 6.24. The maximum atomic E-state index is 14.9. The predicted molar refractivity (Wildman–Crippen MR) is 123 cm³/mol. The summed E-state index contributed by atoms with van der Waals surface area (Å²) in [6.07, 6.45) is -0.703. The van der Waals surface area contributed by atoms with Crippen LogP contribution < -0.4 is 9.62 Å². The third-order valence-corrected chi connectivity index (χ3v) is 5.81. The molecule has 0 radical (unpaired) electrons. The minimum Gasteiger partial charge on any atom is -0.508 e. The van der Waals surface area contributed by atoms with Crippen molar-refractivity contribution in [2.24, 2.45) is 0 Å². The molecule has 0 spiro atoms. The maximum absolute atomic E-state index is 14.9. The van der Waals surface area contributed by atoms with Crippen LogP contribution in [0.25, 0.3) is 0 Å². The highest BCUT2D eigenvalue weighted by atomic mass is 35.5. The Morgan fingerprint density at radius 3 is 2.69 bits per heavy atom. The number of benzene rings is 2. The van der Waals surface area contributed by atoms with Crippen molar-refractivity contribution in [1.82, 2.24) is 4.98 Å². The molecule has 32 heavy (non-hydrogen) atoms. The van der Waals surface area contributed by atoms with Crippen molar-refractivity contribution < 1.29 is 23.4 Å². The average molecular weight is 500 g/mol. The Hall–Kier alpha value is -2.56. The van der Waals surface area contributed by atoms with E-state index in [2.05, 4.69) is 10.3 Å². The Morgan fingerprint density at radius 2 is 2.03 bits per heavy atom. The first kappa shape index (κ1) is 24.1. The van der Waals surface area contributed by atoms with E-state index in [0.29, 0.717) is 5.82 Å². The zero-order valence-electron chi connectivity index (χ0n) is 17.4. The second kappa shape index (κ2) is 9.93. The second-order valence-corrected chi connectivity index (χ2v) is 9.72. The van der Waals surface area contributed by atoms with E-state index in [-0.39, 0.29) is 33.5 Å². The van der Waals surface area contributed by atoms with E-state index in [0.717, 1.165) is 28.4 Å². The van der Waals surface area contributed by atoms with E-state index in [1.165, 1.54) is 29.5 Å². The van der Waals surface area contributed by atoms with Crippen LogP contribution in [0.1, 0.15) is 26.3 Å². The number of phenolic OH excluding ortho intramolecular Hbond substituents is 1. The molecular formula is C21H20ClF2N3O3S2. The molecule has 0 aliphatic carbocycles. The SMILES string of the molecule is CC(C)(C)OC(=O)N(Sc1cc(Cl)c(NCc2cc(O)ccc2F)cc1F)c1cscn1. The van der Waals surface area contributed by atoms with Crippen molar-refractivity contribution in [3.05, 3.63) is 63.4 Å². The molecule has 1 amide bonds. The van der Waals surface area contributed by atoms with Gasteiger partial charge < -0.3 is 15.2 Å². The fourth-order valence-corrected chi connectivity index (χ4v) is 4.20. The van der Waals surface area contributed by atoms with E-state index in [4.69, 9.17) is 16.3 Å². The van der Waals surface area contributed by atoms with Crippen LogP contribution in [0.15, 0.2) is 46.1 Å². The molecule has 6 nitrogen and oxygen atoms in total. The van der Waals surface area contributed by atoms with E-state index in [9.17, 15) is 18.7 Å². The summed E-state index contributed by atoms with van der Waals surface area (Å²) in [7, 11) is 0. The van der Waals surface area contributed by atoms with Crippen molar-refractivity contribution >= 4 is 52.5 Å². The molecule has 2 N–H and O–H groups in total. The molecule has 0 unspecified atom stereocenters. The fourth-order valence-electron chi connectivity index (χ4n) is 2.51. The standard InChI is InChI=1S/C21H20ClF2N3O3S2/c1-21(2,3)30-20(29)27(19-10-31-11-26-19)32-18-7-14(22)17(8-16(18)24)25-9-12-6-13(28)4-5-15(12)23/h4-8,10-11,25,28H,9H2,1-3H3. The van der Waals surface area contributed by atoms with E-state index in [1.54, 1.807) is 31.7 Å². The highest BCUT2D eigenvalue weighted by molar-refractivity contribution is 8.01. The Labute approximate surface area is 197 Å². The first-order chi connectivity index (χ1) is 15.0. The van der Waals surface area contributed by atoms with Gasteiger partial charge in [0.1, 0.15) is 23.0 Å². The molecular weight excluding hydrogens is 480 g/mol. The first-order valence-electron chi connectivity index (χ1n) is 9.33. The quantitative estimate of drug-likeness (QED) is 0.361. The minimum atomic E-state index is -0.753. The number of carbonyl (C=O) groups excluding carboxylic acids is 1. The van der Waals surface area contributed by atoms with Gasteiger partial charge in [0, 0.05) is 29.4 Å². The van der Waals surface area contributed by atoms with Crippen LogP contribution in [0.3, 0.4) is 0 Å². The van der Waals surface area contributed by atoms with Gasteiger partial charge in [-0.15, -0.1) is 11.3 Å². The van der Waals surface area contributed by atoms with E-state index in [1.807, 2.05) is 0 Å². The van der Waals surface area contributed by atoms with Crippen LogP contribution >= 0.6 is 34.9 Å². The number of aromatic nitrogens is 1. The van der Waals surface area contributed by atoms with Gasteiger partial charge in [-0.3, -0.25) is 0 Å². The van der Waals surface area contributed by atoms with Crippen molar-refractivity contribution in [2.45, 2.75) is 37.8 Å². The lowest BCUT2D eigenvalue weighted by Gasteiger charge is -2.25. The van der Waals surface area contributed by atoms with Gasteiger partial charge in [0.05, 0.1) is 21.1 Å². The van der Waals surface area contributed by atoms with Crippen molar-refractivity contribution in [3.63, 3.8) is 0 Å². The van der Waals surface area contributed by atoms with Crippen LogP contribution in [0.4, 0.5) is 25.1 Å². The summed E-state index contributed by atoms with van der Waals surface area (Å²) in [4.78, 5) is 16.9. The molecule has 0 saturated carbocycles. The molecule has 0 bridgehead atoms. The summed E-state index contributed by atoms with van der Waals surface area (Å²) in [5, 5.41) is 14.2. The van der Waals surface area contributed by atoms with Crippen LogP contribution in [-0.4, -0.2) is 21.8 Å². The molecule has 11 heteroatoms. The van der Waals surface area contributed by atoms with Gasteiger partial charge in [-0.1, -0.05) is 11.6 Å². The van der Waals surface area contributed by atoms with Crippen molar-refractivity contribution in [3.8, 4) is 5.75 Å². The monoisotopic (exact) mass is 499 g/mol. The van der Waals surface area contributed by atoms with Crippen molar-refractivity contribution in [2.75, 3.05) is 9.62 Å². The number of nitrogens with one attached hydrogen (secondary N) is 1. The summed E-state index contributed by atoms with van der Waals surface area (Å²) >= 11 is 8.36. The van der Waals surface area contributed by atoms with E-state index >= 15 is 0 Å². The van der Waals surface area contributed by atoms with Gasteiger partial charge in [0.15, 0.2) is 5.82 Å². The van der Waals surface area contributed by atoms with Crippen LogP contribution in [0.2, 0.25) is 5.02 Å². The zero-order valence-corrected chi connectivity index (χ0v) is 19.7. The lowest BCUT2D eigenvalue weighted by atomic mass is 10.2. The number of halogens is 3. The number of anilines is 2. The minimum absolute atomic E-state index is 0.0191. The molecule has 0 saturated heterocycles. The topological polar surface area (TPSA) is 74.7 Å². The Balaban J connectivity index is 1.81. The van der Waals surface area contributed by atoms with Gasteiger partial charge in [-0.25, -0.2) is 18.6 Å². The smallest absolute Gasteiger partial charge is 0.426 e. The Morgan fingerprint density at radius 1 is 1.28 bits per heavy atom. The number of amides is 1. The normalized spacial score (nSPS) is 11.3. The highest BCUT2D eigenvalue weighted by Crippen LogP contribution is 2.36. The molecule has 0 aliphatic rings. The summed E-state index contributed by atoms with van der Waals surface area (Å²) in [6, 6.07) is 6.14. The van der Waals surface area contributed by atoms with Crippen LogP contribution in [0, 0.1) is 11.6 Å². The average Bonchev–Trinajstić information content (AvgIpc) is 3.22. The first-order valence-corrected chi connectivity index (χ1v) is 11.4. The number of aromatic hydroxyl groups is 1. The molecule has 0 aliphatic heterocycles. The fraction of sp³-hybridized carbons (Fsp3) is 0.238. The van der Waals surface area contributed by atoms with Crippen LogP contribution in [-0.2, 0) is 11.3 Å². The summed E-state index contributed by atoms with van der Waals surface area (Å²) in [5.74, 6) is -0.958. The van der Waals surface area contributed by atoms with Gasteiger partial charge >= 0.3 is 6.09 Å². The predicted octanol–water partition coefficient (Wildman–Crippen LogP) is 6.84. The number of thiazole rings is 1. The second-order valence-electron chi connectivity index (χ2n) is 7.60.